The average molecular weight is 199 g/mol. The first-order valence-corrected chi connectivity index (χ1v) is 4.89. The number of nitrogens with zero attached hydrogens (tertiary/aromatic N) is 2. The Bertz CT molecular complexity index is 246. The topological polar surface area (TPSA) is 16.1 Å². The maximum atomic E-state index is 5.68. The molecule has 0 saturated heterocycles. The highest BCUT2D eigenvalue weighted by atomic mass is 35.5. The van der Waals surface area contributed by atoms with Gasteiger partial charge in [0.2, 0.25) is 0 Å². The molecule has 0 fully saturated rings. The van der Waals surface area contributed by atoms with E-state index in [1.165, 1.54) is 12.0 Å². The second kappa shape index (κ2) is 5.20. The summed E-state index contributed by atoms with van der Waals surface area (Å²) in [4.78, 5) is 6.30. The molecule has 3 heteroatoms. The summed E-state index contributed by atoms with van der Waals surface area (Å²) < 4.78 is 0. The molecule has 0 amide bonds. The van der Waals surface area contributed by atoms with E-state index < -0.39 is 0 Å². The molecule has 1 aromatic rings. The molecule has 0 saturated carbocycles. The third kappa shape index (κ3) is 3.75. The lowest BCUT2D eigenvalue weighted by Gasteiger charge is -2.14. The Morgan fingerprint density at radius 2 is 2.23 bits per heavy atom. The highest BCUT2D eigenvalue weighted by Crippen LogP contribution is 2.07. The highest BCUT2D eigenvalue weighted by molar-refractivity contribution is 6.29. The minimum absolute atomic E-state index is 0.557. The van der Waals surface area contributed by atoms with Crippen LogP contribution in [0, 0.1) is 0 Å². The van der Waals surface area contributed by atoms with Crippen molar-refractivity contribution in [2.24, 2.45) is 0 Å². The summed E-state index contributed by atoms with van der Waals surface area (Å²) in [5.74, 6) is 0. The van der Waals surface area contributed by atoms with Crippen LogP contribution in [0.3, 0.4) is 0 Å². The van der Waals surface area contributed by atoms with Crippen molar-refractivity contribution in [2.75, 3.05) is 13.6 Å². The zero-order chi connectivity index (χ0) is 9.68. The Morgan fingerprint density at radius 3 is 2.77 bits per heavy atom. The Hall–Kier alpha value is -0.600. The van der Waals surface area contributed by atoms with E-state index in [4.69, 9.17) is 11.6 Å². The first-order valence-electron chi connectivity index (χ1n) is 4.51. The number of aromatic nitrogens is 1. The molecule has 0 aliphatic rings. The largest absolute Gasteiger partial charge is 0.302 e. The van der Waals surface area contributed by atoms with Crippen molar-refractivity contribution in [3.63, 3.8) is 0 Å². The van der Waals surface area contributed by atoms with Gasteiger partial charge in [-0.05, 0) is 31.6 Å². The van der Waals surface area contributed by atoms with Gasteiger partial charge >= 0.3 is 0 Å². The van der Waals surface area contributed by atoms with Crippen molar-refractivity contribution in [1.29, 1.82) is 0 Å². The zero-order valence-corrected chi connectivity index (χ0v) is 8.88. The SMILES string of the molecule is CCCN(C)Cc1ccc(Cl)nc1. The van der Waals surface area contributed by atoms with Crippen LogP contribution >= 0.6 is 11.6 Å². The molecule has 2 nitrogen and oxygen atoms in total. The van der Waals surface area contributed by atoms with Crippen LogP contribution in [0.5, 0.6) is 0 Å². The molecule has 0 aromatic carbocycles. The molecule has 1 aromatic heterocycles. The van der Waals surface area contributed by atoms with E-state index in [-0.39, 0.29) is 0 Å². The fourth-order valence-electron chi connectivity index (χ4n) is 1.27. The standard InChI is InChI=1S/C10H15ClN2/c1-3-6-13(2)8-9-4-5-10(11)12-7-9/h4-5,7H,3,6,8H2,1-2H3. The van der Waals surface area contributed by atoms with Crippen molar-refractivity contribution < 1.29 is 0 Å². The van der Waals surface area contributed by atoms with Gasteiger partial charge in [0.15, 0.2) is 0 Å². The number of rotatable bonds is 4. The smallest absolute Gasteiger partial charge is 0.129 e. The Labute approximate surface area is 84.5 Å². The van der Waals surface area contributed by atoms with Gasteiger partial charge < -0.3 is 4.90 Å². The van der Waals surface area contributed by atoms with Gasteiger partial charge in [-0.2, -0.15) is 0 Å². The van der Waals surface area contributed by atoms with Crippen molar-refractivity contribution in [3.05, 3.63) is 29.0 Å². The molecule has 0 aliphatic carbocycles. The summed E-state index contributed by atoms with van der Waals surface area (Å²) in [7, 11) is 2.11. The van der Waals surface area contributed by atoms with E-state index in [0.29, 0.717) is 5.15 Å². The van der Waals surface area contributed by atoms with Crippen LogP contribution in [0.1, 0.15) is 18.9 Å². The summed E-state index contributed by atoms with van der Waals surface area (Å²) in [6.45, 7) is 4.23. The molecule has 0 radical (unpaired) electrons. The van der Waals surface area contributed by atoms with Gasteiger partial charge in [-0.15, -0.1) is 0 Å². The van der Waals surface area contributed by atoms with Crippen LogP contribution in [-0.2, 0) is 6.54 Å². The minimum atomic E-state index is 0.557. The van der Waals surface area contributed by atoms with Crippen LogP contribution in [0.25, 0.3) is 0 Å². The van der Waals surface area contributed by atoms with Gasteiger partial charge in [0.25, 0.3) is 0 Å². The van der Waals surface area contributed by atoms with Crippen LogP contribution < -0.4 is 0 Å². The van der Waals surface area contributed by atoms with Crippen molar-refractivity contribution in [3.8, 4) is 0 Å². The molecule has 72 valence electrons. The zero-order valence-electron chi connectivity index (χ0n) is 8.13. The van der Waals surface area contributed by atoms with Crippen LogP contribution in [-0.4, -0.2) is 23.5 Å². The summed E-state index contributed by atoms with van der Waals surface area (Å²) >= 11 is 5.68. The van der Waals surface area contributed by atoms with Crippen LogP contribution in [0.2, 0.25) is 5.15 Å². The van der Waals surface area contributed by atoms with Gasteiger partial charge in [-0.25, -0.2) is 4.98 Å². The predicted molar refractivity (Wildman–Crippen MR) is 55.9 cm³/mol. The molecule has 0 spiro atoms. The van der Waals surface area contributed by atoms with Crippen LogP contribution in [0.15, 0.2) is 18.3 Å². The lowest BCUT2D eigenvalue weighted by atomic mass is 10.2. The molecule has 0 bridgehead atoms. The third-order valence-corrected chi connectivity index (χ3v) is 2.07. The first kappa shape index (κ1) is 10.5. The second-order valence-electron chi connectivity index (χ2n) is 3.23. The summed E-state index contributed by atoms with van der Waals surface area (Å²) in [6.07, 6.45) is 3.01. The summed E-state index contributed by atoms with van der Waals surface area (Å²) in [5, 5.41) is 0.557. The van der Waals surface area contributed by atoms with Gasteiger partial charge in [0.05, 0.1) is 0 Å². The van der Waals surface area contributed by atoms with Crippen molar-refractivity contribution >= 4 is 11.6 Å². The Morgan fingerprint density at radius 1 is 1.46 bits per heavy atom. The quantitative estimate of drug-likeness (QED) is 0.692. The first-order chi connectivity index (χ1) is 6.22. The van der Waals surface area contributed by atoms with Gasteiger partial charge in [0, 0.05) is 12.7 Å². The van der Waals surface area contributed by atoms with E-state index >= 15 is 0 Å². The molecule has 1 heterocycles. The molecule has 13 heavy (non-hydrogen) atoms. The highest BCUT2D eigenvalue weighted by Gasteiger charge is 1.98. The number of hydrogen-bond donors (Lipinski definition) is 0. The monoisotopic (exact) mass is 198 g/mol. The second-order valence-corrected chi connectivity index (χ2v) is 3.61. The summed E-state index contributed by atoms with van der Waals surface area (Å²) in [6, 6.07) is 3.85. The molecular weight excluding hydrogens is 184 g/mol. The van der Waals surface area contributed by atoms with Gasteiger partial charge in [0.1, 0.15) is 5.15 Å². The average Bonchev–Trinajstić information content (AvgIpc) is 2.09. The van der Waals surface area contributed by atoms with Gasteiger partial charge in [-0.1, -0.05) is 24.6 Å². The normalized spacial score (nSPS) is 10.8. The Balaban J connectivity index is 2.49. The van der Waals surface area contributed by atoms with E-state index in [1.54, 1.807) is 0 Å². The Kier molecular flexibility index (Phi) is 4.19. The number of hydrogen-bond acceptors (Lipinski definition) is 2. The molecule has 0 aliphatic heterocycles. The molecule has 0 atom stereocenters. The minimum Gasteiger partial charge on any atom is -0.302 e. The van der Waals surface area contributed by atoms with Crippen molar-refractivity contribution in [2.45, 2.75) is 19.9 Å². The predicted octanol–water partition coefficient (Wildman–Crippen LogP) is 2.58. The third-order valence-electron chi connectivity index (χ3n) is 1.85. The van der Waals surface area contributed by atoms with Crippen molar-refractivity contribution in [1.82, 2.24) is 9.88 Å². The van der Waals surface area contributed by atoms with E-state index in [1.807, 2.05) is 18.3 Å². The van der Waals surface area contributed by atoms with E-state index in [2.05, 4.69) is 23.9 Å². The fourth-order valence-corrected chi connectivity index (χ4v) is 1.38. The fraction of sp³-hybridized carbons (Fsp3) is 0.500. The van der Waals surface area contributed by atoms with Gasteiger partial charge in [-0.3, -0.25) is 0 Å². The van der Waals surface area contributed by atoms with Crippen LogP contribution in [0.4, 0.5) is 0 Å². The molecular formula is C10H15ClN2. The molecule has 0 N–H and O–H groups in total. The lowest BCUT2D eigenvalue weighted by Crippen LogP contribution is -2.18. The van der Waals surface area contributed by atoms with E-state index in [0.717, 1.165) is 13.1 Å². The lowest BCUT2D eigenvalue weighted by molar-refractivity contribution is 0.327. The molecule has 1 rings (SSSR count). The summed E-state index contributed by atoms with van der Waals surface area (Å²) in [5.41, 5.74) is 1.21. The maximum absolute atomic E-state index is 5.68. The van der Waals surface area contributed by atoms with E-state index in [9.17, 15) is 0 Å². The molecule has 0 unspecified atom stereocenters. The maximum Gasteiger partial charge on any atom is 0.129 e. The number of halogens is 1. The number of pyridine rings is 1.